The topological polar surface area (TPSA) is 12.0 Å². The lowest BCUT2D eigenvalue weighted by molar-refractivity contribution is 0.265. The van der Waals surface area contributed by atoms with Crippen molar-refractivity contribution in [2.75, 3.05) is 13.1 Å². The fourth-order valence-corrected chi connectivity index (χ4v) is 2.70. The molecule has 1 rings (SSSR count). The van der Waals surface area contributed by atoms with Gasteiger partial charge >= 0.3 is 0 Å². The second-order valence-electron chi connectivity index (χ2n) is 4.55. The van der Waals surface area contributed by atoms with Crippen LogP contribution in [0.2, 0.25) is 0 Å². The van der Waals surface area contributed by atoms with E-state index >= 15 is 0 Å². The van der Waals surface area contributed by atoms with Gasteiger partial charge in [-0.2, -0.15) is 0 Å². The Balaban J connectivity index is 2.34. The molecule has 0 aromatic heterocycles. The van der Waals surface area contributed by atoms with Crippen molar-refractivity contribution in [2.24, 2.45) is 17.8 Å². The Morgan fingerprint density at radius 3 is 2.69 bits per heavy atom. The average Bonchev–Trinajstić information content (AvgIpc) is 2.61. The predicted octanol–water partition coefficient (Wildman–Crippen LogP) is 3.06. The minimum absolute atomic E-state index is 0.936. The van der Waals surface area contributed by atoms with Crippen LogP contribution in [0, 0.1) is 17.8 Å². The van der Waals surface area contributed by atoms with E-state index in [4.69, 9.17) is 0 Å². The highest BCUT2D eigenvalue weighted by Gasteiger charge is 2.29. The van der Waals surface area contributed by atoms with Gasteiger partial charge in [-0.05, 0) is 43.7 Å². The molecule has 0 aromatic carbocycles. The Morgan fingerprint density at radius 2 is 2.08 bits per heavy atom. The summed E-state index contributed by atoms with van der Waals surface area (Å²) in [7, 11) is 0. The molecule has 0 heterocycles. The highest BCUT2D eigenvalue weighted by Crippen LogP contribution is 2.37. The summed E-state index contributed by atoms with van der Waals surface area (Å²) in [6.45, 7) is 9.34. The summed E-state index contributed by atoms with van der Waals surface area (Å²) in [4.78, 5) is 0. The van der Waals surface area contributed by atoms with E-state index in [9.17, 15) is 0 Å². The standard InChI is InChI=1S/C12H25N/c1-4-10(3)12-8-6-7-11(12)9-13-5-2/h10-13H,4-9H2,1-3H3. The van der Waals surface area contributed by atoms with Crippen molar-refractivity contribution in [1.82, 2.24) is 5.32 Å². The highest BCUT2D eigenvalue weighted by molar-refractivity contribution is 4.81. The monoisotopic (exact) mass is 183 g/mol. The molecule has 3 atom stereocenters. The van der Waals surface area contributed by atoms with Crippen LogP contribution in [0.1, 0.15) is 46.5 Å². The molecule has 1 N–H and O–H groups in total. The molecule has 0 radical (unpaired) electrons. The second-order valence-corrected chi connectivity index (χ2v) is 4.55. The lowest BCUT2D eigenvalue weighted by Gasteiger charge is -2.25. The Morgan fingerprint density at radius 1 is 1.31 bits per heavy atom. The molecule has 0 bridgehead atoms. The minimum Gasteiger partial charge on any atom is -0.317 e. The maximum absolute atomic E-state index is 3.50. The molecular formula is C12H25N. The van der Waals surface area contributed by atoms with E-state index in [1.54, 1.807) is 0 Å². The second kappa shape index (κ2) is 5.64. The Labute approximate surface area is 83.3 Å². The summed E-state index contributed by atoms with van der Waals surface area (Å²) < 4.78 is 0. The van der Waals surface area contributed by atoms with Gasteiger partial charge < -0.3 is 5.32 Å². The van der Waals surface area contributed by atoms with Crippen LogP contribution in [0.4, 0.5) is 0 Å². The number of hydrogen-bond donors (Lipinski definition) is 1. The molecule has 1 aliphatic carbocycles. The van der Waals surface area contributed by atoms with Crippen molar-refractivity contribution in [1.29, 1.82) is 0 Å². The van der Waals surface area contributed by atoms with E-state index in [2.05, 4.69) is 26.1 Å². The minimum atomic E-state index is 0.936. The van der Waals surface area contributed by atoms with Crippen molar-refractivity contribution >= 4 is 0 Å². The summed E-state index contributed by atoms with van der Waals surface area (Å²) in [6, 6.07) is 0. The molecule has 1 aliphatic rings. The van der Waals surface area contributed by atoms with Crippen LogP contribution < -0.4 is 5.32 Å². The fourth-order valence-electron chi connectivity index (χ4n) is 2.70. The van der Waals surface area contributed by atoms with Gasteiger partial charge in [-0.1, -0.05) is 33.6 Å². The van der Waals surface area contributed by atoms with E-state index in [0.29, 0.717) is 0 Å². The normalized spacial score (nSPS) is 30.7. The summed E-state index contributed by atoms with van der Waals surface area (Å²) in [5, 5.41) is 3.50. The van der Waals surface area contributed by atoms with Crippen LogP contribution in [-0.4, -0.2) is 13.1 Å². The Kier molecular flexibility index (Phi) is 4.79. The quantitative estimate of drug-likeness (QED) is 0.691. The molecule has 13 heavy (non-hydrogen) atoms. The number of nitrogens with one attached hydrogen (secondary N) is 1. The van der Waals surface area contributed by atoms with E-state index < -0.39 is 0 Å². The van der Waals surface area contributed by atoms with E-state index in [1.165, 1.54) is 32.2 Å². The zero-order valence-corrected chi connectivity index (χ0v) is 9.47. The molecule has 0 aromatic rings. The SMILES string of the molecule is CCNCC1CCCC1C(C)CC. The zero-order valence-electron chi connectivity index (χ0n) is 9.47. The van der Waals surface area contributed by atoms with Crippen LogP contribution in [0.3, 0.4) is 0 Å². The fraction of sp³-hybridized carbons (Fsp3) is 1.00. The van der Waals surface area contributed by atoms with Gasteiger partial charge in [0, 0.05) is 0 Å². The van der Waals surface area contributed by atoms with Crippen molar-refractivity contribution in [3.8, 4) is 0 Å². The molecule has 1 fully saturated rings. The summed E-state index contributed by atoms with van der Waals surface area (Å²) in [6.07, 6.45) is 5.76. The van der Waals surface area contributed by atoms with Gasteiger partial charge in [-0.15, -0.1) is 0 Å². The first-order valence-corrected chi connectivity index (χ1v) is 6.00. The van der Waals surface area contributed by atoms with Gasteiger partial charge in [0.25, 0.3) is 0 Å². The smallest absolute Gasteiger partial charge is 0.00179 e. The largest absolute Gasteiger partial charge is 0.317 e. The molecule has 1 saturated carbocycles. The zero-order chi connectivity index (χ0) is 9.68. The molecule has 3 unspecified atom stereocenters. The van der Waals surface area contributed by atoms with Gasteiger partial charge in [-0.3, -0.25) is 0 Å². The lowest BCUT2D eigenvalue weighted by atomic mass is 9.83. The van der Waals surface area contributed by atoms with Gasteiger partial charge in [0.2, 0.25) is 0 Å². The van der Waals surface area contributed by atoms with Crippen LogP contribution >= 0.6 is 0 Å². The van der Waals surface area contributed by atoms with Crippen molar-refractivity contribution < 1.29 is 0 Å². The van der Waals surface area contributed by atoms with Gasteiger partial charge in [0.05, 0.1) is 0 Å². The third-order valence-electron chi connectivity index (χ3n) is 3.75. The molecular weight excluding hydrogens is 158 g/mol. The number of rotatable bonds is 5. The van der Waals surface area contributed by atoms with Crippen molar-refractivity contribution in [3.63, 3.8) is 0 Å². The predicted molar refractivity (Wildman–Crippen MR) is 58.8 cm³/mol. The summed E-state index contributed by atoms with van der Waals surface area (Å²) >= 11 is 0. The van der Waals surface area contributed by atoms with Gasteiger partial charge in [-0.25, -0.2) is 0 Å². The van der Waals surface area contributed by atoms with Crippen LogP contribution in [-0.2, 0) is 0 Å². The maximum Gasteiger partial charge on any atom is -0.00179 e. The third kappa shape index (κ3) is 2.98. The highest BCUT2D eigenvalue weighted by atomic mass is 14.8. The first kappa shape index (κ1) is 11.0. The maximum atomic E-state index is 3.50. The molecule has 78 valence electrons. The summed E-state index contributed by atoms with van der Waals surface area (Å²) in [5.41, 5.74) is 0. The first-order chi connectivity index (χ1) is 6.29. The molecule has 0 amide bonds. The number of hydrogen-bond acceptors (Lipinski definition) is 1. The van der Waals surface area contributed by atoms with Crippen LogP contribution in [0.15, 0.2) is 0 Å². The van der Waals surface area contributed by atoms with Crippen molar-refractivity contribution in [3.05, 3.63) is 0 Å². The van der Waals surface area contributed by atoms with Crippen molar-refractivity contribution in [2.45, 2.75) is 46.5 Å². The molecule has 1 nitrogen and oxygen atoms in total. The first-order valence-electron chi connectivity index (χ1n) is 6.00. The van der Waals surface area contributed by atoms with Crippen LogP contribution in [0.5, 0.6) is 0 Å². The lowest BCUT2D eigenvalue weighted by Crippen LogP contribution is -2.27. The molecule has 1 heteroatoms. The molecule has 0 aliphatic heterocycles. The average molecular weight is 183 g/mol. The van der Waals surface area contributed by atoms with Gasteiger partial charge in [0.1, 0.15) is 0 Å². The molecule has 0 spiro atoms. The van der Waals surface area contributed by atoms with Gasteiger partial charge in [0.15, 0.2) is 0 Å². The van der Waals surface area contributed by atoms with E-state index in [1.807, 2.05) is 0 Å². The van der Waals surface area contributed by atoms with E-state index in [0.717, 1.165) is 24.3 Å². The Bertz CT molecular complexity index is 133. The van der Waals surface area contributed by atoms with E-state index in [-0.39, 0.29) is 0 Å². The summed E-state index contributed by atoms with van der Waals surface area (Å²) in [5.74, 6) is 2.91. The van der Waals surface area contributed by atoms with Crippen LogP contribution in [0.25, 0.3) is 0 Å². The Hall–Kier alpha value is -0.0400. The third-order valence-corrected chi connectivity index (χ3v) is 3.75. The molecule has 0 saturated heterocycles.